The molecule has 0 heterocycles. The standard InChI is InChI=1S/C24H40O4/c1-14(7-10-21(27)28)16-8-9-17-22-18(13-20(26)24(16,17)3)23(2)11-5-4-6-15(23)12-19(22)25/h14-20,22,25-26H,4-13H2,1-3H3,(H,27,28)/p-1/t14-,15+,16-,17+,18+,19-,20-,22+,23+,24-/m1/s1. The first-order valence-electron chi connectivity index (χ1n) is 11.8. The highest BCUT2D eigenvalue weighted by atomic mass is 16.4. The monoisotopic (exact) mass is 391 g/mol. The second-order valence-electron chi connectivity index (χ2n) is 11.2. The minimum Gasteiger partial charge on any atom is -0.550 e. The first kappa shape index (κ1) is 20.7. The summed E-state index contributed by atoms with van der Waals surface area (Å²) >= 11 is 0. The van der Waals surface area contributed by atoms with Crippen LogP contribution < -0.4 is 5.11 Å². The molecule has 2 N–H and O–H groups in total. The van der Waals surface area contributed by atoms with Gasteiger partial charge in [0.05, 0.1) is 12.2 Å². The Morgan fingerprint density at radius 3 is 2.57 bits per heavy atom. The van der Waals surface area contributed by atoms with Gasteiger partial charge in [0.15, 0.2) is 0 Å². The Labute approximate surface area is 170 Å². The number of hydrogen-bond acceptors (Lipinski definition) is 4. The highest BCUT2D eigenvalue weighted by Crippen LogP contribution is 2.68. The van der Waals surface area contributed by atoms with Crippen LogP contribution in [-0.2, 0) is 4.79 Å². The molecule has 0 aromatic heterocycles. The molecule has 160 valence electrons. The van der Waals surface area contributed by atoms with Gasteiger partial charge in [0, 0.05) is 5.97 Å². The molecule has 0 saturated heterocycles. The number of carboxylic acid groups (broad SMARTS) is 1. The smallest absolute Gasteiger partial charge is 0.0602 e. The van der Waals surface area contributed by atoms with Crippen molar-refractivity contribution in [3.8, 4) is 0 Å². The molecule has 4 rings (SSSR count). The van der Waals surface area contributed by atoms with E-state index in [1.807, 2.05) is 0 Å². The van der Waals surface area contributed by atoms with Crippen molar-refractivity contribution in [2.45, 2.75) is 97.2 Å². The summed E-state index contributed by atoms with van der Waals surface area (Å²) in [6.07, 6.45) is 9.04. The maximum absolute atomic E-state index is 11.5. The van der Waals surface area contributed by atoms with E-state index in [9.17, 15) is 20.1 Å². The van der Waals surface area contributed by atoms with Crippen molar-refractivity contribution >= 4 is 5.97 Å². The van der Waals surface area contributed by atoms with Gasteiger partial charge in [-0.25, -0.2) is 0 Å². The molecule has 0 unspecified atom stereocenters. The summed E-state index contributed by atoms with van der Waals surface area (Å²) in [6, 6.07) is 0. The highest BCUT2D eigenvalue weighted by molar-refractivity contribution is 5.64. The van der Waals surface area contributed by atoms with Gasteiger partial charge in [0.1, 0.15) is 0 Å². The Balaban J connectivity index is 1.61. The van der Waals surface area contributed by atoms with Gasteiger partial charge in [0.25, 0.3) is 0 Å². The second kappa shape index (κ2) is 7.27. The molecule has 4 aliphatic carbocycles. The van der Waals surface area contributed by atoms with Crippen molar-refractivity contribution in [2.75, 3.05) is 0 Å². The molecular formula is C24H39O4-. The molecule has 0 spiro atoms. The summed E-state index contributed by atoms with van der Waals surface area (Å²) < 4.78 is 0. The lowest BCUT2D eigenvalue weighted by Crippen LogP contribution is -2.61. The zero-order valence-electron chi connectivity index (χ0n) is 17.9. The van der Waals surface area contributed by atoms with E-state index < -0.39 is 5.97 Å². The Morgan fingerprint density at radius 1 is 1.11 bits per heavy atom. The third kappa shape index (κ3) is 2.96. The van der Waals surface area contributed by atoms with Crippen LogP contribution >= 0.6 is 0 Å². The molecule has 0 aromatic carbocycles. The minimum atomic E-state index is -0.977. The zero-order chi connectivity index (χ0) is 20.3. The van der Waals surface area contributed by atoms with Crippen LogP contribution in [0, 0.1) is 46.3 Å². The largest absolute Gasteiger partial charge is 0.550 e. The molecule has 0 amide bonds. The van der Waals surface area contributed by atoms with E-state index >= 15 is 0 Å². The fraction of sp³-hybridized carbons (Fsp3) is 0.958. The maximum atomic E-state index is 11.5. The Bertz CT molecular complexity index is 605. The van der Waals surface area contributed by atoms with Crippen molar-refractivity contribution in [2.24, 2.45) is 46.3 Å². The Morgan fingerprint density at radius 2 is 1.86 bits per heavy atom. The van der Waals surface area contributed by atoms with Crippen molar-refractivity contribution < 1.29 is 20.1 Å². The summed E-state index contributed by atoms with van der Waals surface area (Å²) in [6.45, 7) is 6.84. The number of carboxylic acids is 1. The number of aliphatic carboxylic acids is 1. The number of hydrogen-bond donors (Lipinski definition) is 2. The number of aliphatic hydroxyl groups is 2. The van der Waals surface area contributed by atoms with Gasteiger partial charge >= 0.3 is 0 Å². The molecule has 0 radical (unpaired) electrons. The van der Waals surface area contributed by atoms with E-state index in [1.54, 1.807) is 0 Å². The van der Waals surface area contributed by atoms with Crippen molar-refractivity contribution in [1.82, 2.24) is 0 Å². The van der Waals surface area contributed by atoms with Gasteiger partial charge in [-0.1, -0.05) is 33.6 Å². The van der Waals surface area contributed by atoms with Gasteiger partial charge in [-0.15, -0.1) is 0 Å². The number of fused-ring (bicyclic) bond motifs is 5. The van der Waals surface area contributed by atoms with Crippen molar-refractivity contribution in [1.29, 1.82) is 0 Å². The lowest BCUT2D eigenvalue weighted by atomic mass is 9.43. The molecule has 0 aliphatic heterocycles. The van der Waals surface area contributed by atoms with Crippen molar-refractivity contribution in [3.05, 3.63) is 0 Å². The fourth-order valence-corrected chi connectivity index (χ4v) is 8.73. The molecule has 4 heteroatoms. The number of rotatable bonds is 4. The summed E-state index contributed by atoms with van der Waals surface area (Å²) in [5.41, 5.74) is 0.0640. The summed E-state index contributed by atoms with van der Waals surface area (Å²) in [5, 5.41) is 33.6. The molecule has 4 nitrogen and oxygen atoms in total. The first-order valence-corrected chi connectivity index (χ1v) is 11.8. The SMILES string of the molecule is C[C@H](CCC(=O)[O-])[C@H]1CC[C@H]2[C@@H]3[C@H](O)C[C@@H]4CCCC[C@]4(C)[C@H]3C[C@@H](O)[C@]12C. The molecule has 28 heavy (non-hydrogen) atoms. The first-order chi connectivity index (χ1) is 13.2. The normalized spacial score (nSPS) is 51.7. The molecule has 4 aliphatic rings. The van der Waals surface area contributed by atoms with Crippen LogP contribution in [0.4, 0.5) is 0 Å². The molecule has 4 fully saturated rings. The van der Waals surface area contributed by atoms with E-state index in [2.05, 4.69) is 20.8 Å². The quantitative estimate of drug-likeness (QED) is 0.771. The Hall–Kier alpha value is -0.610. The van der Waals surface area contributed by atoms with E-state index in [0.717, 1.165) is 25.7 Å². The third-order valence-corrected chi connectivity index (χ3v) is 10.3. The van der Waals surface area contributed by atoms with Crippen LogP contribution in [0.1, 0.15) is 85.0 Å². The van der Waals surface area contributed by atoms with E-state index in [1.165, 1.54) is 25.7 Å². The zero-order valence-corrected chi connectivity index (χ0v) is 17.9. The third-order valence-electron chi connectivity index (χ3n) is 10.3. The van der Waals surface area contributed by atoms with E-state index in [0.29, 0.717) is 36.0 Å². The number of carbonyl (C=O) groups excluding carboxylic acids is 1. The summed E-state index contributed by atoms with van der Waals surface area (Å²) in [7, 11) is 0. The molecule has 0 bridgehead atoms. The minimum absolute atomic E-state index is 0.100. The molecule has 10 atom stereocenters. The average Bonchev–Trinajstić information content (AvgIpc) is 3.00. The molecule has 0 aromatic rings. The van der Waals surface area contributed by atoms with E-state index in [-0.39, 0.29) is 35.4 Å². The van der Waals surface area contributed by atoms with Crippen LogP contribution in [0.2, 0.25) is 0 Å². The predicted molar refractivity (Wildman–Crippen MR) is 106 cm³/mol. The van der Waals surface area contributed by atoms with Gasteiger partial charge in [-0.05, 0) is 97.7 Å². The lowest BCUT2D eigenvalue weighted by molar-refractivity contribution is -0.306. The van der Waals surface area contributed by atoms with Crippen molar-refractivity contribution in [3.63, 3.8) is 0 Å². The number of aliphatic hydroxyl groups excluding tert-OH is 2. The van der Waals surface area contributed by atoms with Gasteiger partial charge in [-0.2, -0.15) is 0 Å². The van der Waals surface area contributed by atoms with Gasteiger partial charge in [-0.3, -0.25) is 0 Å². The maximum Gasteiger partial charge on any atom is 0.0602 e. The van der Waals surface area contributed by atoms with Crippen LogP contribution in [0.25, 0.3) is 0 Å². The lowest BCUT2D eigenvalue weighted by Gasteiger charge is -2.63. The average molecular weight is 392 g/mol. The van der Waals surface area contributed by atoms with Crippen LogP contribution in [0.15, 0.2) is 0 Å². The molecular weight excluding hydrogens is 352 g/mol. The summed E-state index contributed by atoms with van der Waals surface area (Å²) in [4.78, 5) is 11.0. The number of carbonyl (C=O) groups is 1. The molecule has 4 saturated carbocycles. The van der Waals surface area contributed by atoms with Crippen LogP contribution in [-0.4, -0.2) is 28.4 Å². The van der Waals surface area contributed by atoms with Crippen LogP contribution in [0.3, 0.4) is 0 Å². The van der Waals surface area contributed by atoms with E-state index in [4.69, 9.17) is 0 Å². The van der Waals surface area contributed by atoms with Gasteiger partial charge in [0.2, 0.25) is 0 Å². The highest BCUT2D eigenvalue weighted by Gasteiger charge is 2.65. The fourth-order valence-electron chi connectivity index (χ4n) is 8.73. The Kier molecular flexibility index (Phi) is 5.36. The topological polar surface area (TPSA) is 80.6 Å². The second-order valence-corrected chi connectivity index (χ2v) is 11.2. The van der Waals surface area contributed by atoms with Crippen LogP contribution in [0.5, 0.6) is 0 Å². The summed E-state index contributed by atoms with van der Waals surface area (Å²) in [5.74, 6) is 1.29. The predicted octanol–water partition coefficient (Wildman–Crippen LogP) is 3.14. The van der Waals surface area contributed by atoms with Gasteiger partial charge < -0.3 is 20.1 Å².